The first kappa shape index (κ1) is 19.7. The third-order valence-electron chi connectivity index (χ3n) is 0. The van der Waals surface area contributed by atoms with Crippen molar-refractivity contribution in [2.45, 2.75) is 13.8 Å². The van der Waals surface area contributed by atoms with E-state index >= 15 is 0 Å². The Morgan fingerprint density at radius 2 is 1.00 bits per heavy atom. The van der Waals surface area contributed by atoms with E-state index < -0.39 is 0 Å². The molecule has 0 rings (SSSR count). The lowest BCUT2D eigenvalue weighted by molar-refractivity contribution is 1.50. The first-order valence-corrected chi connectivity index (χ1v) is 1.00. The molecule has 0 aromatic heterocycles. The summed E-state index contributed by atoms with van der Waals surface area (Å²) in [5, 5.41) is 0. The fourth-order valence-electron chi connectivity index (χ4n) is 0. The van der Waals surface area contributed by atoms with E-state index in [4.69, 9.17) is 0 Å². The zero-order valence-corrected chi connectivity index (χ0v) is 3.22. The van der Waals surface area contributed by atoms with Crippen LogP contribution in [0.2, 0.25) is 0 Å². The highest BCUT2D eigenvalue weighted by atomic mass is 35.5. The lowest BCUT2D eigenvalue weighted by atomic mass is 11.0. The predicted molar refractivity (Wildman–Crippen MR) is 27.1 cm³/mol. The lowest BCUT2D eigenvalue weighted by Crippen LogP contribution is -0.856. The Balaban J connectivity index is -0.00000000500. The second-order valence-electron chi connectivity index (χ2n) is 0. The number of rotatable bonds is 0. The van der Waals surface area contributed by atoms with Gasteiger partial charge >= 0.3 is 23.1 Å². The molecule has 0 bridgehead atoms. The third kappa shape index (κ3) is 11.6. The normalized spacial score (nSPS) is 1.50. The molecule has 0 aromatic rings. The van der Waals surface area contributed by atoms with Gasteiger partial charge in [-0.05, 0) is 0 Å². The largest absolute Gasteiger partial charge is 0.316 e. The van der Waals surface area contributed by atoms with Gasteiger partial charge in [0.05, 0.1) is 0 Å². The van der Waals surface area contributed by atoms with Gasteiger partial charge in [-0.3, -0.25) is 0 Å². The number of halogens is 1. The van der Waals surface area contributed by atoms with Crippen molar-refractivity contribution in [3.8, 4) is 0 Å². The minimum Gasteiger partial charge on any atom is -0.147 e. The molecule has 0 radical (unpaired) electrons. The van der Waals surface area contributed by atoms with Gasteiger partial charge in [-0.25, -0.2) is 0 Å². The Hall–Kier alpha value is 1.06. The van der Waals surface area contributed by atoms with Gasteiger partial charge in [0.25, 0.3) is 0 Å². The van der Waals surface area contributed by atoms with Crippen LogP contribution < -0.4 is 0 Å². The molecule has 0 aliphatic heterocycles. The molecule has 0 aliphatic rings. The molecule has 2 heteroatoms. The fourth-order valence-corrected chi connectivity index (χ4v) is 0. The summed E-state index contributed by atoms with van der Waals surface area (Å²) < 4.78 is 0. The SMILES string of the molecule is CC.Cl.[MgH2]. The topological polar surface area (TPSA) is 0 Å². The van der Waals surface area contributed by atoms with Crippen LogP contribution in [-0.2, 0) is 0 Å². The average molecular weight is 92.9 g/mol. The second kappa shape index (κ2) is 34.0. The smallest absolute Gasteiger partial charge is 0.147 e. The zero-order valence-electron chi connectivity index (χ0n) is 2.41. The Bertz CT molecular complexity index is 6.00. The molecule has 0 atom stereocenters. The first-order chi connectivity index (χ1) is 1.00. The van der Waals surface area contributed by atoms with Crippen molar-refractivity contribution in [1.82, 2.24) is 0 Å². The van der Waals surface area contributed by atoms with Gasteiger partial charge in [0.15, 0.2) is 0 Å². The van der Waals surface area contributed by atoms with Crippen LogP contribution in [0.25, 0.3) is 0 Å². The van der Waals surface area contributed by atoms with Gasteiger partial charge in [-0.15, -0.1) is 12.4 Å². The average Bonchev–Trinajstić information content (AvgIpc) is 1.00. The second-order valence-corrected chi connectivity index (χ2v) is 0. The van der Waals surface area contributed by atoms with E-state index in [0.29, 0.717) is 0 Å². The van der Waals surface area contributed by atoms with Gasteiger partial charge in [-0.1, -0.05) is 13.8 Å². The molecular formula is C2H9ClMg. The quantitative estimate of drug-likeness (QED) is 0.383. The first-order valence-electron chi connectivity index (χ1n) is 1.00. The molecule has 0 aliphatic carbocycles. The van der Waals surface area contributed by atoms with Crippen LogP contribution in [-0.4, -0.2) is 23.1 Å². The maximum absolute atomic E-state index is 2.00. The monoisotopic (exact) mass is 92.0 g/mol. The van der Waals surface area contributed by atoms with Crippen LogP contribution in [0.5, 0.6) is 0 Å². The van der Waals surface area contributed by atoms with Gasteiger partial charge in [0.2, 0.25) is 0 Å². The highest BCUT2D eigenvalue weighted by Crippen LogP contribution is 1.14. The van der Waals surface area contributed by atoms with E-state index in [0.717, 1.165) is 0 Å². The van der Waals surface area contributed by atoms with Crippen molar-refractivity contribution < 1.29 is 0 Å². The van der Waals surface area contributed by atoms with Crippen molar-refractivity contribution in [3.63, 3.8) is 0 Å². The van der Waals surface area contributed by atoms with Gasteiger partial charge in [0.1, 0.15) is 0 Å². The Morgan fingerprint density at radius 3 is 1.00 bits per heavy atom. The van der Waals surface area contributed by atoms with Crippen LogP contribution >= 0.6 is 12.4 Å². The maximum atomic E-state index is 2.00. The summed E-state index contributed by atoms with van der Waals surface area (Å²) in [5.41, 5.74) is 0. The summed E-state index contributed by atoms with van der Waals surface area (Å²) in [5.74, 6) is 0. The zero-order chi connectivity index (χ0) is 2.00. The number of hydrogen-bond donors (Lipinski definition) is 0. The van der Waals surface area contributed by atoms with E-state index in [-0.39, 0.29) is 35.5 Å². The molecule has 4 heavy (non-hydrogen) atoms. The van der Waals surface area contributed by atoms with E-state index in [1.54, 1.807) is 0 Å². The van der Waals surface area contributed by atoms with Crippen LogP contribution in [0.15, 0.2) is 0 Å². The van der Waals surface area contributed by atoms with Crippen LogP contribution in [0.1, 0.15) is 13.8 Å². The number of hydrogen-bond acceptors (Lipinski definition) is 0. The molecule has 0 saturated carbocycles. The molecule has 26 valence electrons. The van der Waals surface area contributed by atoms with E-state index in [2.05, 4.69) is 0 Å². The summed E-state index contributed by atoms with van der Waals surface area (Å²) >= 11 is 0. The molecule has 0 fully saturated rings. The Morgan fingerprint density at radius 1 is 1.00 bits per heavy atom. The van der Waals surface area contributed by atoms with Crippen molar-refractivity contribution in [2.75, 3.05) is 0 Å². The summed E-state index contributed by atoms with van der Waals surface area (Å²) in [7, 11) is 0. The van der Waals surface area contributed by atoms with Gasteiger partial charge in [-0.2, -0.15) is 0 Å². The van der Waals surface area contributed by atoms with Crippen LogP contribution in [0, 0.1) is 0 Å². The molecule has 0 unspecified atom stereocenters. The highest BCUT2D eigenvalue weighted by molar-refractivity contribution is 5.85. The van der Waals surface area contributed by atoms with Crippen LogP contribution in [0.4, 0.5) is 0 Å². The molecule has 0 saturated heterocycles. The van der Waals surface area contributed by atoms with E-state index in [9.17, 15) is 0 Å². The van der Waals surface area contributed by atoms with E-state index in [1.165, 1.54) is 0 Å². The lowest BCUT2D eigenvalue weighted by Gasteiger charge is -1.07. The molecule has 0 spiro atoms. The standard InChI is InChI=1S/C2H6.ClH.Mg.2H/c1-2;;;;/h1-2H3;1H;;;. The Labute approximate surface area is 49.5 Å². The van der Waals surface area contributed by atoms with Crippen LogP contribution in [0.3, 0.4) is 0 Å². The molecule has 0 nitrogen and oxygen atoms in total. The van der Waals surface area contributed by atoms with E-state index in [1.807, 2.05) is 13.8 Å². The summed E-state index contributed by atoms with van der Waals surface area (Å²) in [6, 6.07) is 0. The maximum Gasteiger partial charge on any atom is 0.316 e. The molecular weight excluding hydrogens is 83.8 g/mol. The molecule has 0 heterocycles. The molecule has 0 N–H and O–H groups in total. The summed E-state index contributed by atoms with van der Waals surface area (Å²) in [6.45, 7) is 4.00. The van der Waals surface area contributed by atoms with Gasteiger partial charge < -0.3 is 0 Å². The van der Waals surface area contributed by atoms with Crippen molar-refractivity contribution in [3.05, 3.63) is 0 Å². The summed E-state index contributed by atoms with van der Waals surface area (Å²) in [4.78, 5) is 0. The molecule has 0 aromatic carbocycles. The highest BCUT2D eigenvalue weighted by Gasteiger charge is 0.932. The minimum absolute atomic E-state index is 0. The van der Waals surface area contributed by atoms with Crippen molar-refractivity contribution >= 4 is 35.5 Å². The fraction of sp³-hybridized carbons (Fsp3) is 1.00. The molecule has 0 amide bonds. The van der Waals surface area contributed by atoms with Gasteiger partial charge in [0, 0.05) is 0 Å². The Kier molecular flexibility index (Phi) is 167. The summed E-state index contributed by atoms with van der Waals surface area (Å²) in [6.07, 6.45) is 0. The van der Waals surface area contributed by atoms with Crippen molar-refractivity contribution in [1.29, 1.82) is 0 Å². The third-order valence-corrected chi connectivity index (χ3v) is 0. The predicted octanol–water partition coefficient (Wildman–Crippen LogP) is 0.532. The minimum atomic E-state index is 0. The van der Waals surface area contributed by atoms with Crippen molar-refractivity contribution in [2.24, 2.45) is 0 Å².